The SMILES string of the molecule is [3H]I(F)N=N. The average Bonchev–Trinajstić information content (AvgIpc) is 1.38. The molecule has 0 aromatic carbocycles. The van der Waals surface area contributed by atoms with Crippen molar-refractivity contribution in [1.82, 2.24) is 0 Å². The van der Waals surface area contributed by atoms with E-state index in [0.717, 1.165) is 0 Å². The van der Waals surface area contributed by atoms with Crippen molar-refractivity contribution in [2.24, 2.45) is 3.33 Å². The Balaban J connectivity index is 2.83. The van der Waals surface area contributed by atoms with Crippen LogP contribution in [0.1, 0.15) is 0 Å². The second-order valence-electron chi connectivity index (χ2n) is 0.148. The molecule has 2 nitrogen and oxygen atoms in total. The van der Waals surface area contributed by atoms with Crippen molar-refractivity contribution in [3.63, 3.8) is 0 Å². The first-order valence-corrected chi connectivity index (χ1v) is 2.32. The number of nitrogens with zero attached hydrogens (tertiary/aromatic N) is 1. The van der Waals surface area contributed by atoms with E-state index < -0.39 is 21.9 Å². The van der Waals surface area contributed by atoms with Crippen LogP contribution in [0, 0.1) is 5.53 Å². The Hall–Kier alpha value is 0.260. The van der Waals surface area contributed by atoms with Gasteiger partial charge in [0.1, 0.15) is 0 Å². The van der Waals surface area contributed by atoms with Crippen molar-refractivity contribution in [3.05, 3.63) is 0 Å². The number of halogens is 2. The molecule has 4 heavy (non-hydrogen) atoms. The van der Waals surface area contributed by atoms with Crippen LogP contribution in [-0.2, 0) is 0 Å². The molecule has 0 rings (SSSR count). The number of nitrogens with one attached hydrogen (secondary N) is 1. The topological polar surface area (TPSA) is 36.2 Å². The van der Waals surface area contributed by atoms with E-state index in [1.54, 1.807) is 0 Å². The molecule has 0 aromatic rings. The number of hydrogen-bond donors (Lipinski definition) is 1. The second kappa shape index (κ2) is 3.26. The van der Waals surface area contributed by atoms with Crippen LogP contribution in [0.4, 0.5) is 2.86 Å². The third-order valence-electron chi connectivity index (χ3n) is 0.0319. The molecule has 0 heterocycles. The molecule has 0 aliphatic rings. The normalized spacial score (nSPS) is 13.2. The molecule has 0 aromatic heterocycles. The van der Waals surface area contributed by atoms with Crippen LogP contribution in [0.2, 0.25) is 0 Å². The Bertz CT molecular complexity index is 36.6. The first-order valence-electron chi connectivity index (χ1n) is 0.913. The molecule has 0 aliphatic heterocycles. The average molecular weight is 178 g/mol. The van der Waals surface area contributed by atoms with Crippen LogP contribution in [0.3, 0.4) is 0 Å². The molecule has 0 bridgehead atoms. The summed E-state index contributed by atoms with van der Waals surface area (Å²) < 4.78 is 19.2. The Labute approximate surface area is 34.8 Å². The van der Waals surface area contributed by atoms with Gasteiger partial charge in [0.05, 0.1) is 0 Å². The van der Waals surface area contributed by atoms with Gasteiger partial charge >= 0.3 is 34.2 Å². The van der Waals surface area contributed by atoms with E-state index in [1.807, 2.05) is 0 Å². The van der Waals surface area contributed by atoms with Crippen molar-refractivity contribution in [3.8, 4) is 0 Å². The zero-order chi connectivity index (χ0) is 4.28. The molecule has 0 atom stereocenters. The Morgan fingerprint density at radius 3 is 2.75 bits per heavy atom. The molecule has 0 spiro atoms. The summed E-state index contributed by atoms with van der Waals surface area (Å²) in [6, 6.07) is 0. The zero-order valence-electron chi connectivity index (χ0n) is 2.70. The summed E-state index contributed by atoms with van der Waals surface area (Å²) in [6.07, 6.45) is 0. The maximum atomic E-state index is 10.9. The molecule has 0 saturated carbocycles. The minimum atomic E-state index is -3.24. The van der Waals surface area contributed by atoms with Crippen LogP contribution in [0.25, 0.3) is 0 Å². The van der Waals surface area contributed by atoms with E-state index in [4.69, 9.17) is 6.12 Å². The molecule has 0 radical (unpaired) electrons. The van der Waals surface area contributed by atoms with Crippen LogP contribution < -0.4 is 0 Å². The summed E-state index contributed by atoms with van der Waals surface area (Å²) in [5.74, 6) is 0. The molecule has 0 saturated heterocycles. The van der Waals surface area contributed by atoms with Crippen molar-refractivity contribution >= 4 is 21.9 Å². The summed E-state index contributed by atoms with van der Waals surface area (Å²) in [7, 11) is 0. The van der Waals surface area contributed by atoms with Gasteiger partial charge in [-0.3, -0.25) is 0 Å². The summed E-state index contributed by atoms with van der Waals surface area (Å²) in [6.45, 7) is 0. The van der Waals surface area contributed by atoms with Gasteiger partial charge in [0.15, 0.2) is 0 Å². The van der Waals surface area contributed by atoms with E-state index in [0.29, 0.717) is 0 Å². The van der Waals surface area contributed by atoms with Crippen molar-refractivity contribution in [1.29, 1.82) is 6.12 Å². The summed E-state index contributed by atoms with van der Waals surface area (Å²) in [5.41, 5.74) is 5.79. The zero-order valence-corrected chi connectivity index (χ0v) is 3.86. The Kier molecular flexibility index (Phi) is 2.03. The van der Waals surface area contributed by atoms with Gasteiger partial charge < -0.3 is 0 Å². The fourth-order valence-electron chi connectivity index (χ4n) is 0. The fourth-order valence-corrected chi connectivity index (χ4v) is 0. The second-order valence-corrected chi connectivity index (χ2v) is 0.996. The number of rotatable bonds is 1. The van der Waals surface area contributed by atoms with Gasteiger partial charge in [-0.05, 0) is 0 Å². The molecule has 26 valence electrons. The Morgan fingerprint density at radius 2 is 2.75 bits per heavy atom. The predicted octanol–water partition coefficient (Wildman–Crippen LogP) is 1.52. The van der Waals surface area contributed by atoms with Gasteiger partial charge in [-0.15, -0.1) is 0 Å². The van der Waals surface area contributed by atoms with E-state index in [1.165, 1.54) is 0 Å². The van der Waals surface area contributed by atoms with Crippen molar-refractivity contribution in [2.75, 3.05) is 0 Å². The molecule has 4 heteroatoms. The van der Waals surface area contributed by atoms with Gasteiger partial charge in [0, 0.05) is 0 Å². The number of hydrogen-bond acceptors (Lipinski definition) is 2. The first-order chi connectivity index (χ1) is 2.27. The van der Waals surface area contributed by atoms with E-state index in [-0.39, 0.29) is 0 Å². The molecule has 1 N–H and O–H groups in total. The van der Waals surface area contributed by atoms with Crippen LogP contribution >= 0.6 is 21.9 Å². The van der Waals surface area contributed by atoms with Crippen LogP contribution in [0.5, 0.6) is 0 Å². The van der Waals surface area contributed by atoms with E-state index >= 15 is 0 Å². The monoisotopic (exact) mass is 178 g/mol. The molecule has 0 aliphatic carbocycles. The quantitative estimate of drug-likeness (QED) is 0.466. The first kappa shape index (κ1) is 2.49. The standard InChI is InChI=1S/FH2IN2/c1-2-4-3/h2-3H/i2T. The van der Waals surface area contributed by atoms with Gasteiger partial charge in [-0.25, -0.2) is 0 Å². The van der Waals surface area contributed by atoms with Gasteiger partial charge in [0.2, 0.25) is 0 Å². The van der Waals surface area contributed by atoms with E-state index in [2.05, 4.69) is 3.33 Å². The molecular weight excluding hydrogens is 174 g/mol. The van der Waals surface area contributed by atoms with Crippen LogP contribution in [0.15, 0.2) is 3.33 Å². The van der Waals surface area contributed by atoms with Gasteiger partial charge in [-0.1, -0.05) is 0 Å². The summed E-state index contributed by atoms with van der Waals surface area (Å²) in [4.78, 5) is 0. The third-order valence-corrected chi connectivity index (χ3v) is 0.214. The molecular formula is H2FIN2. The molecule has 0 fully saturated rings. The Morgan fingerprint density at radius 1 is 2.50 bits per heavy atom. The predicted molar refractivity (Wildman–Crippen MR) is 21.7 cm³/mol. The third kappa shape index (κ3) is 2.26. The summed E-state index contributed by atoms with van der Waals surface area (Å²) >= 11 is -3.24. The molecule has 0 unspecified atom stereocenters. The minimum absolute atomic E-state index is 2.30. The van der Waals surface area contributed by atoms with Gasteiger partial charge in [0.25, 0.3) is 0 Å². The van der Waals surface area contributed by atoms with Gasteiger partial charge in [-0.2, -0.15) is 0 Å². The summed E-state index contributed by atoms with van der Waals surface area (Å²) in [5, 5.41) is 0. The molecule has 0 amide bonds. The van der Waals surface area contributed by atoms with E-state index in [9.17, 15) is 2.86 Å². The van der Waals surface area contributed by atoms with Crippen LogP contribution in [-0.4, -0.2) is 0.594 Å². The van der Waals surface area contributed by atoms with Crippen molar-refractivity contribution < 1.29 is 2.86 Å². The van der Waals surface area contributed by atoms with Crippen molar-refractivity contribution in [2.45, 2.75) is 0 Å². The maximum absolute atomic E-state index is 10.9. The fraction of sp³-hybridized carbons (Fsp3) is 0.